The van der Waals surface area contributed by atoms with Crippen molar-refractivity contribution < 1.29 is 9.90 Å². The molecule has 1 heterocycles. The first kappa shape index (κ1) is 16.0. The van der Waals surface area contributed by atoms with Crippen LogP contribution in [0.4, 0.5) is 4.79 Å². The lowest BCUT2D eigenvalue weighted by Crippen LogP contribution is -2.49. The lowest BCUT2D eigenvalue weighted by atomic mass is 10.1. The largest absolute Gasteiger partial charge is 0.395 e. The smallest absolute Gasteiger partial charge is 0.318 e. The van der Waals surface area contributed by atoms with Gasteiger partial charge in [-0.2, -0.15) is 0 Å². The summed E-state index contributed by atoms with van der Waals surface area (Å²) in [6.45, 7) is 9.59. The molecule has 1 rings (SSSR count). The quantitative estimate of drug-likeness (QED) is 0.679. The molecule has 0 aromatic heterocycles. The number of rotatable bonds is 7. The van der Waals surface area contributed by atoms with Crippen molar-refractivity contribution in [3.05, 3.63) is 12.7 Å². The van der Waals surface area contributed by atoms with Crippen molar-refractivity contribution in [2.75, 3.05) is 39.3 Å². The van der Waals surface area contributed by atoms with Crippen molar-refractivity contribution in [3.63, 3.8) is 0 Å². The van der Waals surface area contributed by atoms with Gasteiger partial charge < -0.3 is 20.2 Å². The lowest BCUT2D eigenvalue weighted by Gasteiger charge is -2.30. The number of piperidine rings is 1. The first-order valence-corrected chi connectivity index (χ1v) is 7.17. The Morgan fingerprint density at radius 1 is 1.47 bits per heavy atom. The van der Waals surface area contributed by atoms with E-state index < -0.39 is 0 Å². The maximum atomic E-state index is 12.0. The summed E-state index contributed by atoms with van der Waals surface area (Å²) in [5, 5.41) is 11.9. The highest BCUT2D eigenvalue weighted by atomic mass is 16.3. The van der Waals surface area contributed by atoms with Crippen LogP contribution in [0.15, 0.2) is 12.7 Å². The number of amides is 2. The molecule has 1 fully saturated rings. The highest BCUT2D eigenvalue weighted by molar-refractivity contribution is 5.74. The molecular weight excluding hydrogens is 242 g/mol. The summed E-state index contributed by atoms with van der Waals surface area (Å²) in [5.41, 5.74) is 0. The zero-order chi connectivity index (χ0) is 14.1. The van der Waals surface area contributed by atoms with Gasteiger partial charge >= 0.3 is 6.03 Å². The highest BCUT2D eigenvalue weighted by Gasteiger charge is 2.17. The van der Waals surface area contributed by atoms with Crippen LogP contribution in [-0.2, 0) is 0 Å². The minimum absolute atomic E-state index is 0.0260. The van der Waals surface area contributed by atoms with E-state index in [1.54, 1.807) is 11.0 Å². The molecule has 0 saturated carbocycles. The number of hydrogen-bond acceptors (Lipinski definition) is 3. The van der Waals surface area contributed by atoms with E-state index in [4.69, 9.17) is 5.11 Å². The number of likely N-dealkylation sites (tertiary alicyclic amines) is 1. The average Bonchev–Trinajstić information content (AvgIpc) is 2.39. The molecule has 1 atom stereocenters. The zero-order valence-corrected chi connectivity index (χ0v) is 12.0. The van der Waals surface area contributed by atoms with Crippen LogP contribution >= 0.6 is 0 Å². The Balaban J connectivity index is 2.33. The van der Waals surface area contributed by atoms with Gasteiger partial charge in [-0.25, -0.2) is 4.79 Å². The van der Waals surface area contributed by atoms with E-state index in [1.165, 1.54) is 19.3 Å². The molecule has 0 aliphatic carbocycles. The van der Waals surface area contributed by atoms with Crippen LogP contribution in [0.2, 0.25) is 0 Å². The SMILES string of the molecule is C=CCN(CCO)C(=O)NC(C)CN1CCCCC1. The first-order valence-electron chi connectivity index (χ1n) is 7.17. The summed E-state index contributed by atoms with van der Waals surface area (Å²) in [6.07, 6.45) is 5.51. The predicted molar refractivity (Wildman–Crippen MR) is 77.1 cm³/mol. The molecule has 1 aliphatic rings. The lowest BCUT2D eigenvalue weighted by molar-refractivity contribution is 0.171. The summed E-state index contributed by atoms with van der Waals surface area (Å²) in [7, 11) is 0. The maximum absolute atomic E-state index is 12.0. The summed E-state index contributed by atoms with van der Waals surface area (Å²) in [4.78, 5) is 16.0. The standard InChI is InChI=1S/C14H27N3O2/c1-3-7-17(10-11-18)14(19)15-13(2)12-16-8-5-4-6-9-16/h3,13,18H,1,4-12H2,2H3,(H,15,19). The number of nitrogens with one attached hydrogen (secondary N) is 1. The van der Waals surface area contributed by atoms with E-state index in [9.17, 15) is 4.79 Å². The van der Waals surface area contributed by atoms with Gasteiger partial charge in [-0.1, -0.05) is 12.5 Å². The molecule has 2 N–H and O–H groups in total. The Bertz CT molecular complexity index is 278. The third-order valence-corrected chi connectivity index (χ3v) is 3.36. The van der Waals surface area contributed by atoms with Crippen LogP contribution in [0.3, 0.4) is 0 Å². The van der Waals surface area contributed by atoms with Crippen LogP contribution < -0.4 is 5.32 Å². The Morgan fingerprint density at radius 3 is 2.74 bits per heavy atom. The van der Waals surface area contributed by atoms with Crippen LogP contribution in [-0.4, -0.2) is 66.3 Å². The van der Waals surface area contributed by atoms with Gasteiger partial charge in [0.1, 0.15) is 0 Å². The molecule has 0 spiro atoms. The number of aliphatic hydroxyl groups excluding tert-OH is 1. The van der Waals surface area contributed by atoms with E-state index in [0.717, 1.165) is 19.6 Å². The number of urea groups is 1. The Kier molecular flexibility index (Phi) is 7.52. The van der Waals surface area contributed by atoms with Gasteiger partial charge in [-0.15, -0.1) is 6.58 Å². The zero-order valence-electron chi connectivity index (χ0n) is 12.0. The van der Waals surface area contributed by atoms with E-state index in [-0.39, 0.29) is 18.7 Å². The highest BCUT2D eigenvalue weighted by Crippen LogP contribution is 2.08. The van der Waals surface area contributed by atoms with E-state index >= 15 is 0 Å². The molecule has 19 heavy (non-hydrogen) atoms. The fraction of sp³-hybridized carbons (Fsp3) is 0.786. The van der Waals surface area contributed by atoms with Gasteiger partial charge in [0.25, 0.3) is 0 Å². The number of carbonyl (C=O) groups excluding carboxylic acids is 1. The molecule has 1 unspecified atom stereocenters. The van der Waals surface area contributed by atoms with Crippen molar-refractivity contribution in [1.82, 2.24) is 15.1 Å². The molecule has 0 bridgehead atoms. The normalized spacial score (nSPS) is 17.8. The van der Waals surface area contributed by atoms with Gasteiger partial charge in [-0.3, -0.25) is 0 Å². The molecule has 0 radical (unpaired) electrons. The van der Waals surface area contributed by atoms with Crippen LogP contribution in [0.25, 0.3) is 0 Å². The third-order valence-electron chi connectivity index (χ3n) is 3.36. The van der Waals surface area contributed by atoms with Gasteiger partial charge in [0.2, 0.25) is 0 Å². The van der Waals surface area contributed by atoms with Gasteiger partial charge in [0.05, 0.1) is 6.61 Å². The third kappa shape index (κ3) is 6.07. The molecule has 5 heteroatoms. The van der Waals surface area contributed by atoms with Gasteiger partial charge in [0.15, 0.2) is 0 Å². The van der Waals surface area contributed by atoms with Gasteiger partial charge in [0, 0.05) is 25.7 Å². The van der Waals surface area contributed by atoms with Crippen molar-refractivity contribution in [2.45, 2.75) is 32.2 Å². The van der Waals surface area contributed by atoms with Crippen molar-refractivity contribution in [1.29, 1.82) is 0 Å². The van der Waals surface area contributed by atoms with E-state index in [1.807, 2.05) is 6.92 Å². The van der Waals surface area contributed by atoms with Crippen LogP contribution in [0.1, 0.15) is 26.2 Å². The minimum Gasteiger partial charge on any atom is -0.395 e. The molecule has 1 saturated heterocycles. The van der Waals surface area contributed by atoms with Crippen molar-refractivity contribution in [3.8, 4) is 0 Å². The molecule has 0 aromatic carbocycles. The topological polar surface area (TPSA) is 55.8 Å². The van der Waals surface area contributed by atoms with Crippen LogP contribution in [0, 0.1) is 0 Å². The number of hydrogen-bond donors (Lipinski definition) is 2. The summed E-state index contributed by atoms with van der Waals surface area (Å²) in [5.74, 6) is 0. The molecule has 0 aromatic rings. The predicted octanol–water partition coefficient (Wildman–Crippen LogP) is 1.05. The molecule has 110 valence electrons. The fourth-order valence-electron chi connectivity index (χ4n) is 2.43. The minimum atomic E-state index is -0.126. The second-order valence-corrected chi connectivity index (χ2v) is 5.17. The van der Waals surface area contributed by atoms with Crippen molar-refractivity contribution in [2.24, 2.45) is 0 Å². The Labute approximate surface area is 116 Å². The summed E-state index contributed by atoms with van der Waals surface area (Å²) in [6, 6.07) is -0.00457. The fourth-order valence-corrected chi connectivity index (χ4v) is 2.43. The Morgan fingerprint density at radius 2 is 2.16 bits per heavy atom. The summed E-state index contributed by atoms with van der Waals surface area (Å²) >= 11 is 0. The molecule has 1 aliphatic heterocycles. The monoisotopic (exact) mass is 269 g/mol. The second-order valence-electron chi connectivity index (χ2n) is 5.17. The second kappa shape index (κ2) is 8.93. The molecular formula is C14H27N3O2. The molecule has 5 nitrogen and oxygen atoms in total. The van der Waals surface area contributed by atoms with Crippen LogP contribution in [0.5, 0.6) is 0 Å². The first-order chi connectivity index (χ1) is 9.17. The van der Waals surface area contributed by atoms with E-state index in [2.05, 4.69) is 16.8 Å². The van der Waals surface area contributed by atoms with Gasteiger partial charge in [-0.05, 0) is 32.9 Å². The number of carbonyl (C=O) groups is 1. The maximum Gasteiger partial charge on any atom is 0.318 e. The molecule has 2 amide bonds. The number of nitrogens with zero attached hydrogens (tertiary/aromatic N) is 2. The van der Waals surface area contributed by atoms with Crippen molar-refractivity contribution >= 4 is 6.03 Å². The van der Waals surface area contributed by atoms with E-state index in [0.29, 0.717) is 13.1 Å². The summed E-state index contributed by atoms with van der Waals surface area (Å²) < 4.78 is 0. The Hall–Kier alpha value is -1.07. The average molecular weight is 269 g/mol. The number of aliphatic hydroxyl groups is 1.